The third kappa shape index (κ3) is 31.4. The largest absolute Gasteiger partial charge is 0.466 e. The summed E-state index contributed by atoms with van der Waals surface area (Å²) in [4.78, 5) is 99.6. The lowest BCUT2D eigenvalue weighted by atomic mass is 9.65. The van der Waals surface area contributed by atoms with Crippen molar-refractivity contribution in [2.75, 3.05) is 37.8 Å². The highest BCUT2D eigenvalue weighted by molar-refractivity contribution is 8.77. The van der Waals surface area contributed by atoms with Crippen LogP contribution in [0.3, 0.4) is 0 Å². The molecule has 0 bridgehead atoms. The molecule has 8 rings (SSSR count). The summed E-state index contributed by atoms with van der Waals surface area (Å²) in [6.45, 7) is 18.3. The maximum atomic E-state index is 12.8. The molecule has 4 saturated heterocycles. The maximum Gasteiger partial charge on any atom is 0.407 e. The Hall–Kier alpha value is -4.28. The van der Waals surface area contributed by atoms with Crippen LogP contribution in [0.15, 0.2) is 47.6 Å². The molecule has 576 valence electrons. The molecule has 0 saturated carbocycles. The summed E-state index contributed by atoms with van der Waals surface area (Å²) in [6, 6.07) is 0. The first-order valence-corrected chi connectivity index (χ1v) is 42.4. The Bertz CT molecular complexity index is 2660. The summed E-state index contributed by atoms with van der Waals surface area (Å²) in [6.07, 6.45) is 32.0. The van der Waals surface area contributed by atoms with E-state index in [1.807, 2.05) is 70.9 Å². The van der Waals surface area contributed by atoms with E-state index in [-0.39, 0.29) is 137 Å². The number of hydrogen-bond acceptors (Lipinski definition) is 20. The highest BCUT2D eigenvalue weighted by atomic mass is 33.1. The predicted molar refractivity (Wildman–Crippen MR) is 410 cm³/mol. The van der Waals surface area contributed by atoms with Crippen LogP contribution in [0.5, 0.6) is 0 Å². The number of fused-ring (bicyclic) bond motifs is 2. The molecule has 18 atom stereocenters. The van der Waals surface area contributed by atoms with Gasteiger partial charge in [-0.3, -0.25) is 28.8 Å². The van der Waals surface area contributed by atoms with Gasteiger partial charge in [-0.05, 0) is 169 Å². The van der Waals surface area contributed by atoms with Crippen molar-refractivity contribution in [1.29, 1.82) is 0 Å². The number of alkyl carbamates (subject to hydrolysis) is 2. The molecular formula is C79H130N2O16S4. The van der Waals surface area contributed by atoms with E-state index in [0.29, 0.717) is 95.4 Å². The predicted octanol–water partition coefficient (Wildman–Crippen LogP) is 18.6. The summed E-state index contributed by atoms with van der Waals surface area (Å²) in [7, 11) is 7.86. The summed E-state index contributed by atoms with van der Waals surface area (Å²) >= 11 is 0. The molecule has 0 aromatic rings. The van der Waals surface area contributed by atoms with Gasteiger partial charge >= 0.3 is 48.0 Å². The zero-order chi connectivity index (χ0) is 70.3. The molecule has 0 aromatic carbocycles. The summed E-state index contributed by atoms with van der Waals surface area (Å²) in [5.41, 5.74) is 2.48. The third-order valence-electron chi connectivity index (χ3n) is 20.9. The van der Waals surface area contributed by atoms with Crippen molar-refractivity contribution in [3.63, 3.8) is 0 Å². The van der Waals surface area contributed by atoms with Gasteiger partial charge in [0.15, 0.2) is 0 Å². The molecule has 4 heterocycles. The fourth-order valence-electron chi connectivity index (χ4n) is 14.8. The number of cyclic esters (lactones) is 2. The van der Waals surface area contributed by atoms with E-state index in [1.165, 1.54) is 48.3 Å². The molecule has 101 heavy (non-hydrogen) atoms. The Labute approximate surface area is 623 Å². The van der Waals surface area contributed by atoms with Gasteiger partial charge in [-0.2, -0.15) is 0 Å². The molecular weight excluding hydrogens is 1360 g/mol. The monoisotopic (exact) mass is 1490 g/mol. The van der Waals surface area contributed by atoms with Crippen LogP contribution in [0.25, 0.3) is 0 Å². The Balaban J connectivity index is 0.000000416. The molecule has 8 aliphatic rings. The average molecular weight is 1490 g/mol. The molecule has 2 N–H and O–H groups in total. The van der Waals surface area contributed by atoms with Gasteiger partial charge in [-0.25, -0.2) is 9.59 Å². The average Bonchev–Trinajstić information content (AvgIpc) is 1.16. The first kappa shape index (κ1) is 89.1. The molecule has 18 unspecified atom stereocenters. The first-order valence-electron chi connectivity index (χ1n) is 37.6. The minimum atomic E-state index is -0.549. The van der Waals surface area contributed by atoms with Crippen molar-refractivity contribution in [1.82, 2.24) is 10.6 Å². The summed E-state index contributed by atoms with van der Waals surface area (Å²) in [5.74, 6) is 2.98. The lowest BCUT2D eigenvalue weighted by Gasteiger charge is -2.43. The van der Waals surface area contributed by atoms with Crippen molar-refractivity contribution < 1.29 is 76.3 Å². The Morgan fingerprint density at radius 1 is 0.515 bits per heavy atom. The molecule has 0 radical (unpaired) electrons. The number of ether oxygens (including phenoxy) is 8. The minimum absolute atomic E-state index is 0. The zero-order valence-corrected chi connectivity index (χ0v) is 63.3. The van der Waals surface area contributed by atoms with Gasteiger partial charge in [0.2, 0.25) is 0 Å². The zero-order valence-electron chi connectivity index (χ0n) is 60.1. The number of hydrogen-bond donors (Lipinski definition) is 2. The van der Waals surface area contributed by atoms with Gasteiger partial charge in [0.05, 0.1) is 37.9 Å². The van der Waals surface area contributed by atoms with E-state index in [0.717, 1.165) is 100 Å². The van der Waals surface area contributed by atoms with Gasteiger partial charge in [0.25, 0.3) is 0 Å². The Morgan fingerprint density at radius 2 is 0.921 bits per heavy atom. The van der Waals surface area contributed by atoms with E-state index in [4.69, 9.17) is 37.9 Å². The van der Waals surface area contributed by atoms with Gasteiger partial charge < -0.3 is 48.5 Å². The second kappa shape index (κ2) is 48.0. The van der Waals surface area contributed by atoms with E-state index >= 15 is 0 Å². The third-order valence-corrected chi connectivity index (χ3v) is 26.9. The number of amides is 2. The Morgan fingerprint density at radius 3 is 1.33 bits per heavy atom. The number of carbonyl (C=O) groups excluding carboxylic acids is 8. The molecule has 0 spiro atoms. The van der Waals surface area contributed by atoms with E-state index in [1.54, 1.807) is 0 Å². The standard InChI is InChI=1S/C39H61NO8S2.C37H57NO8S2.3CH4/c1-5-27(3)38(43)48-34-23-26(2)22-29-15-14-28(4)33(37(29)34)17-16-30-24-31(25-36(42)46-30)47-39(44)40-19-10-6-7-11-20-45-35(41)13-9-8-12-32-18-21-49-50-32;1-5-25(3)36(41)46-32-21-24(2)20-27-13-12-26(4)31(35(27)32)15-14-28-22-29(23-34(40)44-28)45-37(42)38-17-8-9-18-43-33(39)11-7-6-10-30-16-19-47-48-30;;;/h14-15,22,26-28,30-34,37H,5-13,16-21,23-25H2,1-4H3,(H,40,44);12-13,20,24-26,28-32,35H,5-11,14-19,21-23H2,1-4H3,(H,38,42);3*1H4. The molecule has 4 aliphatic carbocycles. The van der Waals surface area contributed by atoms with Crippen molar-refractivity contribution >= 4 is 91.2 Å². The highest BCUT2D eigenvalue weighted by Gasteiger charge is 2.45. The van der Waals surface area contributed by atoms with Crippen LogP contribution in [-0.4, -0.2) is 133 Å². The number of carbonyl (C=O) groups is 8. The van der Waals surface area contributed by atoms with Gasteiger partial charge in [-0.1, -0.05) is 177 Å². The second-order valence-electron chi connectivity index (χ2n) is 29.0. The lowest BCUT2D eigenvalue weighted by Crippen LogP contribution is -2.42. The van der Waals surface area contributed by atoms with Crippen LogP contribution in [0.1, 0.15) is 257 Å². The lowest BCUT2D eigenvalue weighted by molar-refractivity contribution is -0.162. The smallest absolute Gasteiger partial charge is 0.407 e. The van der Waals surface area contributed by atoms with Crippen LogP contribution < -0.4 is 10.6 Å². The first-order chi connectivity index (χ1) is 47.2. The number of rotatable bonds is 36. The van der Waals surface area contributed by atoms with Crippen LogP contribution in [-0.2, 0) is 66.7 Å². The number of esters is 6. The highest BCUT2D eigenvalue weighted by Crippen LogP contribution is 2.48. The van der Waals surface area contributed by atoms with Crippen molar-refractivity contribution in [2.24, 2.45) is 59.2 Å². The quantitative estimate of drug-likeness (QED) is 0.0257. The summed E-state index contributed by atoms with van der Waals surface area (Å²) < 4.78 is 45.7. The number of nitrogens with one attached hydrogen (secondary N) is 2. The number of allylic oxidation sites excluding steroid dienone is 6. The van der Waals surface area contributed by atoms with Crippen LogP contribution in [0, 0.1) is 59.2 Å². The molecule has 2 amide bonds. The van der Waals surface area contributed by atoms with Gasteiger partial charge in [-0.15, -0.1) is 0 Å². The molecule has 18 nitrogen and oxygen atoms in total. The summed E-state index contributed by atoms with van der Waals surface area (Å²) in [5, 5.41) is 7.07. The Kier molecular flexibility index (Phi) is 42.4. The molecule has 4 fully saturated rings. The van der Waals surface area contributed by atoms with Gasteiger partial charge in [0, 0.05) is 72.6 Å². The van der Waals surface area contributed by atoms with Crippen LogP contribution in [0.2, 0.25) is 0 Å². The van der Waals surface area contributed by atoms with Crippen LogP contribution in [0.4, 0.5) is 9.59 Å². The second-order valence-corrected chi connectivity index (χ2v) is 34.6. The molecule has 0 aromatic heterocycles. The maximum absolute atomic E-state index is 12.8. The van der Waals surface area contributed by atoms with E-state index < -0.39 is 24.4 Å². The van der Waals surface area contributed by atoms with Gasteiger partial charge in [0.1, 0.15) is 36.6 Å². The normalized spacial score (nSPS) is 29.1. The topological polar surface area (TPSA) is 234 Å². The van der Waals surface area contributed by atoms with Crippen molar-refractivity contribution in [2.45, 2.75) is 305 Å². The number of unbranched alkanes of at least 4 members (excludes halogenated alkanes) is 6. The fraction of sp³-hybridized carbons (Fsp3) is 0.797. The minimum Gasteiger partial charge on any atom is -0.466 e. The fourth-order valence-corrected chi connectivity index (χ4v) is 20.8. The molecule has 4 aliphatic heterocycles. The van der Waals surface area contributed by atoms with E-state index in [2.05, 4.69) is 74.8 Å². The van der Waals surface area contributed by atoms with E-state index in [9.17, 15) is 38.4 Å². The SMILES string of the molecule is C.C.C.CCC(C)C(=O)OC1CC(C)C=C2C=CC(C)C(CCC3CC(OC(=O)NCCCCCCOC(=O)CCCCC4CCSS4)CC(=O)O3)C21.CCC(C)C(=O)OC1CC(C)C=C2C=CC(C)C(CCC3CC(OC(=O)NCCCCOC(=O)CCCCC4CCSS4)CC(=O)O3)C21. The molecule has 22 heteroatoms. The van der Waals surface area contributed by atoms with Crippen molar-refractivity contribution in [3.05, 3.63) is 47.6 Å². The van der Waals surface area contributed by atoms with Crippen LogP contribution >= 0.6 is 43.2 Å². The van der Waals surface area contributed by atoms with Crippen molar-refractivity contribution in [3.8, 4) is 0 Å².